The SMILES string of the molecule is Cc1ccc(C(N)=S)cc1OCCCCCO. The Morgan fingerprint density at radius 2 is 2.12 bits per heavy atom. The van der Waals surface area contributed by atoms with Gasteiger partial charge in [0.05, 0.1) is 6.61 Å². The van der Waals surface area contributed by atoms with E-state index in [1.807, 2.05) is 25.1 Å². The van der Waals surface area contributed by atoms with Crippen LogP contribution in [0.25, 0.3) is 0 Å². The van der Waals surface area contributed by atoms with Gasteiger partial charge in [0.15, 0.2) is 0 Å². The van der Waals surface area contributed by atoms with Gasteiger partial charge in [-0.05, 0) is 37.8 Å². The third-order valence-electron chi connectivity index (χ3n) is 2.53. The predicted octanol–water partition coefficient (Wildman–Crippen LogP) is 2.17. The normalized spacial score (nSPS) is 10.2. The van der Waals surface area contributed by atoms with Gasteiger partial charge in [-0.1, -0.05) is 24.4 Å². The van der Waals surface area contributed by atoms with E-state index in [1.54, 1.807) is 0 Å². The first-order valence-electron chi connectivity index (χ1n) is 5.79. The topological polar surface area (TPSA) is 55.5 Å². The van der Waals surface area contributed by atoms with Crippen LogP contribution in [0.3, 0.4) is 0 Å². The Kier molecular flexibility index (Phi) is 5.94. The van der Waals surface area contributed by atoms with Gasteiger partial charge in [-0.15, -0.1) is 0 Å². The van der Waals surface area contributed by atoms with Crippen molar-refractivity contribution in [3.05, 3.63) is 29.3 Å². The number of hydrogen-bond donors (Lipinski definition) is 2. The van der Waals surface area contributed by atoms with Gasteiger partial charge in [-0.3, -0.25) is 0 Å². The number of unbranched alkanes of at least 4 members (excludes halogenated alkanes) is 2. The van der Waals surface area contributed by atoms with Crippen molar-refractivity contribution >= 4 is 17.2 Å². The summed E-state index contributed by atoms with van der Waals surface area (Å²) in [6.07, 6.45) is 2.75. The lowest BCUT2D eigenvalue weighted by Gasteiger charge is -2.10. The van der Waals surface area contributed by atoms with E-state index < -0.39 is 0 Å². The number of hydrogen-bond acceptors (Lipinski definition) is 3. The molecule has 0 spiro atoms. The summed E-state index contributed by atoms with van der Waals surface area (Å²) in [5.41, 5.74) is 7.48. The van der Waals surface area contributed by atoms with Gasteiger partial charge in [0.2, 0.25) is 0 Å². The van der Waals surface area contributed by atoms with Crippen LogP contribution in [0.2, 0.25) is 0 Å². The zero-order chi connectivity index (χ0) is 12.7. The molecule has 0 saturated heterocycles. The lowest BCUT2D eigenvalue weighted by atomic mass is 10.1. The van der Waals surface area contributed by atoms with E-state index in [9.17, 15) is 0 Å². The van der Waals surface area contributed by atoms with E-state index in [1.165, 1.54) is 0 Å². The van der Waals surface area contributed by atoms with E-state index in [2.05, 4.69) is 0 Å². The molecule has 0 amide bonds. The fourth-order valence-electron chi connectivity index (χ4n) is 1.48. The second kappa shape index (κ2) is 7.25. The van der Waals surface area contributed by atoms with Crippen LogP contribution in [-0.4, -0.2) is 23.3 Å². The zero-order valence-electron chi connectivity index (χ0n) is 10.1. The standard InChI is InChI=1S/C13H19NO2S/c1-10-5-6-11(13(14)17)9-12(10)16-8-4-2-3-7-15/h5-6,9,15H,2-4,7-8H2,1H3,(H2,14,17). The van der Waals surface area contributed by atoms with E-state index in [-0.39, 0.29) is 6.61 Å². The van der Waals surface area contributed by atoms with Crippen LogP contribution in [-0.2, 0) is 0 Å². The number of aliphatic hydroxyl groups is 1. The van der Waals surface area contributed by atoms with Crippen molar-refractivity contribution in [3.8, 4) is 5.75 Å². The van der Waals surface area contributed by atoms with Crippen molar-refractivity contribution in [1.82, 2.24) is 0 Å². The first-order valence-corrected chi connectivity index (χ1v) is 6.20. The molecule has 3 N–H and O–H groups in total. The fraction of sp³-hybridized carbons (Fsp3) is 0.462. The highest BCUT2D eigenvalue weighted by Crippen LogP contribution is 2.20. The summed E-state index contributed by atoms with van der Waals surface area (Å²) in [6, 6.07) is 5.73. The largest absolute Gasteiger partial charge is 0.493 e. The predicted molar refractivity (Wildman–Crippen MR) is 73.5 cm³/mol. The molecule has 94 valence electrons. The molecular formula is C13H19NO2S. The Balaban J connectivity index is 2.51. The van der Waals surface area contributed by atoms with Crippen LogP contribution >= 0.6 is 12.2 Å². The highest BCUT2D eigenvalue weighted by molar-refractivity contribution is 7.80. The van der Waals surface area contributed by atoms with Gasteiger partial charge in [-0.2, -0.15) is 0 Å². The molecule has 0 atom stereocenters. The molecule has 1 aromatic rings. The van der Waals surface area contributed by atoms with Crippen molar-refractivity contribution in [1.29, 1.82) is 0 Å². The third kappa shape index (κ3) is 4.71. The van der Waals surface area contributed by atoms with Crippen molar-refractivity contribution in [2.45, 2.75) is 26.2 Å². The third-order valence-corrected chi connectivity index (χ3v) is 2.77. The Labute approximate surface area is 108 Å². The van der Waals surface area contributed by atoms with E-state index >= 15 is 0 Å². The molecule has 1 rings (SSSR count). The minimum Gasteiger partial charge on any atom is -0.493 e. The summed E-state index contributed by atoms with van der Waals surface area (Å²) in [5.74, 6) is 0.833. The Hall–Kier alpha value is -1.13. The molecule has 0 aliphatic carbocycles. The molecule has 0 aliphatic heterocycles. The number of benzene rings is 1. The van der Waals surface area contributed by atoms with Gasteiger partial charge in [0, 0.05) is 12.2 Å². The Morgan fingerprint density at radius 3 is 2.76 bits per heavy atom. The van der Waals surface area contributed by atoms with Crippen LogP contribution in [0.15, 0.2) is 18.2 Å². The molecule has 0 unspecified atom stereocenters. The second-order valence-electron chi connectivity index (χ2n) is 3.98. The van der Waals surface area contributed by atoms with Crippen molar-refractivity contribution in [2.75, 3.05) is 13.2 Å². The smallest absolute Gasteiger partial charge is 0.122 e. The van der Waals surface area contributed by atoms with Crippen LogP contribution in [0.5, 0.6) is 5.75 Å². The number of nitrogens with two attached hydrogens (primary N) is 1. The average Bonchev–Trinajstić information content (AvgIpc) is 2.30. The maximum Gasteiger partial charge on any atom is 0.122 e. The van der Waals surface area contributed by atoms with Crippen LogP contribution in [0, 0.1) is 6.92 Å². The van der Waals surface area contributed by atoms with Gasteiger partial charge in [0.25, 0.3) is 0 Å². The van der Waals surface area contributed by atoms with E-state index in [0.717, 1.165) is 36.1 Å². The lowest BCUT2D eigenvalue weighted by Crippen LogP contribution is -2.10. The van der Waals surface area contributed by atoms with Crippen molar-refractivity contribution < 1.29 is 9.84 Å². The van der Waals surface area contributed by atoms with Crippen LogP contribution < -0.4 is 10.5 Å². The van der Waals surface area contributed by atoms with Crippen molar-refractivity contribution in [3.63, 3.8) is 0 Å². The van der Waals surface area contributed by atoms with Gasteiger partial charge >= 0.3 is 0 Å². The number of aryl methyl sites for hydroxylation is 1. The first kappa shape index (κ1) is 13.9. The molecule has 4 heteroatoms. The maximum atomic E-state index is 8.66. The van der Waals surface area contributed by atoms with Crippen LogP contribution in [0.4, 0.5) is 0 Å². The summed E-state index contributed by atoms with van der Waals surface area (Å²) in [6.45, 7) is 2.89. The summed E-state index contributed by atoms with van der Waals surface area (Å²) >= 11 is 4.93. The second-order valence-corrected chi connectivity index (χ2v) is 4.42. The Bertz CT molecular complexity index is 380. The molecule has 0 fully saturated rings. The quantitative estimate of drug-likeness (QED) is 0.577. The number of aliphatic hydroxyl groups excluding tert-OH is 1. The molecule has 0 aliphatic rings. The number of rotatable bonds is 7. The van der Waals surface area contributed by atoms with E-state index in [4.69, 9.17) is 27.8 Å². The van der Waals surface area contributed by atoms with Crippen LogP contribution in [0.1, 0.15) is 30.4 Å². The summed E-state index contributed by atoms with van der Waals surface area (Å²) in [4.78, 5) is 0.384. The van der Waals surface area contributed by atoms with Crippen molar-refractivity contribution in [2.24, 2.45) is 5.73 Å². The molecule has 0 saturated carbocycles. The van der Waals surface area contributed by atoms with Gasteiger partial charge < -0.3 is 15.6 Å². The molecule has 3 nitrogen and oxygen atoms in total. The molecule has 17 heavy (non-hydrogen) atoms. The molecule has 1 aromatic carbocycles. The van der Waals surface area contributed by atoms with Gasteiger partial charge in [-0.25, -0.2) is 0 Å². The first-order chi connectivity index (χ1) is 8.15. The minimum absolute atomic E-state index is 0.246. The number of ether oxygens (including phenoxy) is 1. The summed E-state index contributed by atoms with van der Waals surface area (Å²) in [7, 11) is 0. The molecule has 0 bridgehead atoms. The molecular weight excluding hydrogens is 234 g/mol. The maximum absolute atomic E-state index is 8.66. The molecule has 0 aromatic heterocycles. The highest BCUT2D eigenvalue weighted by Gasteiger charge is 2.03. The highest BCUT2D eigenvalue weighted by atomic mass is 32.1. The summed E-state index contributed by atoms with van der Waals surface area (Å²) in [5, 5.41) is 8.66. The lowest BCUT2D eigenvalue weighted by molar-refractivity contribution is 0.265. The number of thiocarbonyl (C=S) groups is 1. The molecule has 0 radical (unpaired) electrons. The average molecular weight is 253 g/mol. The summed E-state index contributed by atoms with van der Waals surface area (Å²) < 4.78 is 5.68. The van der Waals surface area contributed by atoms with E-state index in [0.29, 0.717) is 11.6 Å². The minimum atomic E-state index is 0.246. The van der Waals surface area contributed by atoms with Gasteiger partial charge in [0.1, 0.15) is 10.7 Å². The monoisotopic (exact) mass is 253 g/mol. The Morgan fingerprint density at radius 1 is 1.35 bits per heavy atom. The fourth-order valence-corrected chi connectivity index (χ4v) is 1.61. The zero-order valence-corrected chi connectivity index (χ0v) is 10.9. The molecule has 0 heterocycles.